The van der Waals surface area contributed by atoms with Crippen molar-refractivity contribution in [1.29, 1.82) is 0 Å². The largest absolute Gasteiger partial charge is 0.420 e. The van der Waals surface area contributed by atoms with E-state index < -0.39 is 5.79 Å². The zero-order valence-corrected chi connectivity index (χ0v) is 8.06. The van der Waals surface area contributed by atoms with Crippen molar-refractivity contribution in [2.75, 3.05) is 0 Å². The highest BCUT2D eigenvalue weighted by molar-refractivity contribution is 5.40. The van der Waals surface area contributed by atoms with E-state index in [9.17, 15) is 9.90 Å². The van der Waals surface area contributed by atoms with Crippen LogP contribution in [0, 0.1) is 0 Å². The van der Waals surface area contributed by atoms with Gasteiger partial charge in [0.2, 0.25) is 5.79 Å². The van der Waals surface area contributed by atoms with Gasteiger partial charge in [-0.15, -0.1) is 0 Å². The number of aliphatic hydroxyl groups is 1. The minimum Gasteiger partial charge on any atom is -0.420 e. The van der Waals surface area contributed by atoms with Crippen LogP contribution in [0.3, 0.4) is 0 Å². The molecule has 75 valence electrons. The summed E-state index contributed by atoms with van der Waals surface area (Å²) in [6.45, 7) is 3.20. The smallest absolute Gasteiger partial charge is 0.420 e. The van der Waals surface area contributed by atoms with E-state index in [1.54, 1.807) is 24.3 Å². The SMILES string of the molecule is CCCC(O)(O[C]=O)c1ccccc1. The van der Waals surface area contributed by atoms with Crippen LogP contribution in [0.4, 0.5) is 0 Å². The number of benzene rings is 1. The molecule has 1 aromatic rings. The quantitative estimate of drug-likeness (QED) is 0.724. The van der Waals surface area contributed by atoms with Gasteiger partial charge in [0.15, 0.2) is 0 Å². The van der Waals surface area contributed by atoms with Crippen LogP contribution in [-0.4, -0.2) is 11.6 Å². The summed E-state index contributed by atoms with van der Waals surface area (Å²) in [5.74, 6) is -1.53. The molecule has 0 aliphatic heterocycles. The first-order chi connectivity index (χ1) is 6.73. The zero-order valence-electron chi connectivity index (χ0n) is 8.06. The molecule has 3 heteroatoms. The van der Waals surface area contributed by atoms with Gasteiger partial charge in [-0.05, 0) is 6.42 Å². The van der Waals surface area contributed by atoms with Crippen LogP contribution >= 0.6 is 0 Å². The maximum atomic E-state index is 10.2. The fourth-order valence-electron chi connectivity index (χ4n) is 1.36. The molecule has 14 heavy (non-hydrogen) atoms. The molecule has 0 bridgehead atoms. The summed E-state index contributed by atoms with van der Waals surface area (Å²) in [5.41, 5.74) is 0.574. The summed E-state index contributed by atoms with van der Waals surface area (Å²) in [5, 5.41) is 10.00. The van der Waals surface area contributed by atoms with Crippen LogP contribution in [0.5, 0.6) is 0 Å². The van der Waals surface area contributed by atoms with Crippen molar-refractivity contribution in [1.82, 2.24) is 0 Å². The fraction of sp³-hybridized carbons (Fsp3) is 0.364. The Morgan fingerprint density at radius 1 is 1.43 bits per heavy atom. The lowest BCUT2D eigenvalue weighted by Crippen LogP contribution is -2.28. The van der Waals surface area contributed by atoms with E-state index >= 15 is 0 Å². The van der Waals surface area contributed by atoms with E-state index in [0.717, 1.165) is 0 Å². The normalized spacial score (nSPS) is 14.4. The lowest BCUT2D eigenvalue weighted by atomic mass is 10.0. The number of ether oxygens (including phenoxy) is 1. The molecule has 1 aromatic carbocycles. The average molecular weight is 193 g/mol. The minimum atomic E-state index is -1.53. The van der Waals surface area contributed by atoms with E-state index in [2.05, 4.69) is 4.74 Å². The highest BCUT2D eigenvalue weighted by Gasteiger charge is 2.30. The topological polar surface area (TPSA) is 46.5 Å². The van der Waals surface area contributed by atoms with Gasteiger partial charge >= 0.3 is 6.47 Å². The summed E-state index contributed by atoms with van der Waals surface area (Å²) in [6.07, 6.45) is 1.08. The molecule has 0 spiro atoms. The predicted molar refractivity (Wildman–Crippen MR) is 52.0 cm³/mol. The van der Waals surface area contributed by atoms with Gasteiger partial charge in [0.1, 0.15) is 0 Å². The second-order valence-electron chi connectivity index (χ2n) is 3.09. The first-order valence-electron chi connectivity index (χ1n) is 4.56. The Labute approximate surface area is 83.3 Å². The molecule has 0 aliphatic carbocycles. The Bertz CT molecular complexity index is 284. The van der Waals surface area contributed by atoms with Gasteiger partial charge in [-0.1, -0.05) is 37.3 Å². The monoisotopic (exact) mass is 193 g/mol. The van der Waals surface area contributed by atoms with Crippen LogP contribution in [0.2, 0.25) is 0 Å². The van der Waals surface area contributed by atoms with Gasteiger partial charge < -0.3 is 9.84 Å². The number of hydrogen-bond donors (Lipinski definition) is 1. The molecule has 1 N–H and O–H groups in total. The first-order valence-corrected chi connectivity index (χ1v) is 4.56. The van der Waals surface area contributed by atoms with Crippen molar-refractivity contribution in [2.24, 2.45) is 0 Å². The third-order valence-corrected chi connectivity index (χ3v) is 2.02. The Kier molecular flexibility index (Phi) is 3.65. The zero-order chi connectivity index (χ0) is 10.4. The number of carbonyl (C=O) groups excluding carboxylic acids is 1. The maximum Gasteiger partial charge on any atom is 0.420 e. The van der Waals surface area contributed by atoms with E-state index in [0.29, 0.717) is 18.4 Å². The van der Waals surface area contributed by atoms with Crippen molar-refractivity contribution >= 4 is 6.47 Å². The van der Waals surface area contributed by atoms with Gasteiger partial charge in [-0.2, -0.15) is 0 Å². The third kappa shape index (κ3) is 2.33. The van der Waals surface area contributed by atoms with E-state index in [1.165, 1.54) is 6.47 Å². The molecule has 0 aliphatic rings. The molecule has 1 unspecified atom stereocenters. The van der Waals surface area contributed by atoms with E-state index in [1.807, 2.05) is 13.0 Å². The predicted octanol–water partition coefficient (Wildman–Crippen LogP) is 1.72. The summed E-state index contributed by atoms with van der Waals surface area (Å²) < 4.78 is 4.61. The Morgan fingerprint density at radius 2 is 2.07 bits per heavy atom. The van der Waals surface area contributed by atoms with E-state index in [-0.39, 0.29) is 0 Å². The highest BCUT2D eigenvalue weighted by atomic mass is 16.6. The molecule has 0 fully saturated rings. The van der Waals surface area contributed by atoms with Gasteiger partial charge in [-0.25, -0.2) is 4.79 Å². The minimum absolute atomic E-state index is 0.367. The molecule has 3 nitrogen and oxygen atoms in total. The Hall–Kier alpha value is -1.35. The fourth-order valence-corrected chi connectivity index (χ4v) is 1.36. The second kappa shape index (κ2) is 4.77. The molecular formula is C11H13O3. The van der Waals surface area contributed by atoms with Crippen LogP contribution in [-0.2, 0) is 15.3 Å². The molecule has 0 aromatic heterocycles. The molecule has 1 rings (SSSR count). The summed E-state index contributed by atoms with van der Waals surface area (Å²) in [6, 6.07) is 8.83. The van der Waals surface area contributed by atoms with Crippen LogP contribution in [0.1, 0.15) is 25.3 Å². The molecule has 1 atom stereocenters. The second-order valence-corrected chi connectivity index (χ2v) is 3.09. The van der Waals surface area contributed by atoms with Gasteiger partial charge in [0.05, 0.1) is 0 Å². The van der Waals surface area contributed by atoms with Gasteiger partial charge in [0, 0.05) is 12.0 Å². The molecule has 0 amide bonds. The van der Waals surface area contributed by atoms with Crippen molar-refractivity contribution < 1.29 is 14.6 Å². The van der Waals surface area contributed by atoms with E-state index in [4.69, 9.17) is 0 Å². The molecule has 1 radical (unpaired) electrons. The highest BCUT2D eigenvalue weighted by Crippen LogP contribution is 2.26. The van der Waals surface area contributed by atoms with Crippen molar-refractivity contribution in [3.8, 4) is 0 Å². The third-order valence-electron chi connectivity index (χ3n) is 2.02. The average Bonchev–Trinajstić information content (AvgIpc) is 2.20. The molecule has 0 saturated heterocycles. The molecular weight excluding hydrogens is 180 g/mol. The summed E-state index contributed by atoms with van der Waals surface area (Å²) in [7, 11) is 0. The maximum absolute atomic E-state index is 10.2. The molecule has 0 saturated carbocycles. The number of rotatable bonds is 5. The van der Waals surface area contributed by atoms with Gasteiger partial charge in [0.25, 0.3) is 0 Å². The summed E-state index contributed by atoms with van der Waals surface area (Å²) in [4.78, 5) is 10.2. The molecule has 0 heterocycles. The first kappa shape index (κ1) is 10.7. The standard InChI is InChI=1S/C11H13O3/c1-2-8-11(13,14-9-12)10-6-4-3-5-7-10/h3-7,13H,2,8H2,1H3. The van der Waals surface area contributed by atoms with Gasteiger partial charge in [-0.3, -0.25) is 0 Å². The Morgan fingerprint density at radius 3 is 2.57 bits per heavy atom. The number of hydrogen-bond acceptors (Lipinski definition) is 3. The van der Waals surface area contributed by atoms with Crippen LogP contribution < -0.4 is 0 Å². The summed E-state index contributed by atoms with van der Waals surface area (Å²) >= 11 is 0. The van der Waals surface area contributed by atoms with Crippen molar-refractivity contribution in [3.63, 3.8) is 0 Å². The Balaban J connectivity index is 2.92. The van der Waals surface area contributed by atoms with Crippen molar-refractivity contribution in [2.45, 2.75) is 25.6 Å². The van der Waals surface area contributed by atoms with Crippen LogP contribution in [0.15, 0.2) is 30.3 Å². The lowest BCUT2D eigenvalue weighted by Gasteiger charge is -2.25. The lowest BCUT2D eigenvalue weighted by molar-refractivity contribution is -0.162. The van der Waals surface area contributed by atoms with Crippen molar-refractivity contribution in [3.05, 3.63) is 35.9 Å². The van der Waals surface area contributed by atoms with Crippen LogP contribution in [0.25, 0.3) is 0 Å².